The van der Waals surface area contributed by atoms with Gasteiger partial charge < -0.3 is 4.79 Å². The molecule has 0 heterocycles. The van der Waals surface area contributed by atoms with Crippen molar-refractivity contribution in [3.05, 3.63) is 12.2 Å². The van der Waals surface area contributed by atoms with Gasteiger partial charge in [-0.25, -0.2) is 0 Å². The molecule has 2 unspecified atom stereocenters. The van der Waals surface area contributed by atoms with Gasteiger partial charge >= 0.3 is 0 Å². The predicted molar refractivity (Wildman–Crippen MR) is 30.3 cm³/mol. The van der Waals surface area contributed by atoms with Crippen LogP contribution in [0, 0.1) is 17.8 Å². The summed E-state index contributed by atoms with van der Waals surface area (Å²) in [7, 11) is 0. The largest absolute Gasteiger partial charge is 0.303 e. The van der Waals surface area contributed by atoms with E-state index >= 15 is 0 Å². The van der Waals surface area contributed by atoms with E-state index in [9.17, 15) is 4.79 Å². The SMILES string of the molecule is O=C[C@@H]1C2C=CCC21. The van der Waals surface area contributed by atoms with Gasteiger partial charge in [-0.1, -0.05) is 12.2 Å². The maximum atomic E-state index is 10.1. The first-order valence-corrected chi connectivity index (χ1v) is 3.05. The maximum absolute atomic E-state index is 10.1. The number of fused-ring (bicyclic) bond motifs is 1. The fourth-order valence-corrected chi connectivity index (χ4v) is 1.60. The molecule has 2 rings (SSSR count). The molecule has 0 aromatic carbocycles. The van der Waals surface area contributed by atoms with Crippen LogP contribution >= 0.6 is 0 Å². The highest BCUT2D eigenvalue weighted by molar-refractivity contribution is 5.61. The molecule has 42 valence electrons. The number of carbonyl (C=O) groups is 1. The second-order valence-corrected chi connectivity index (χ2v) is 2.62. The van der Waals surface area contributed by atoms with Crippen LogP contribution < -0.4 is 0 Å². The number of aldehydes is 1. The molecule has 0 bridgehead atoms. The molecule has 2 aliphatic rings. The molecule has 0 N–H and O–H groups in total. The van der Waals surface area contributed by atoms with Gasteiger partial charge in [-0.15, -0.1) is 0 Å². The molecule has 3 atom stereocenters. The Labute approximate surface area is 48.4 Å². The zero-order valence-corrected chi connectivity index (χ0v) is 4.58. The van der Waals surface area contributed by atoms with Crippen molar-refractivity contribution in [2.24, 2.45) is 17.8 Å². The molecule has 0 radical (unpaired) electrons. The first-order chi connectivity index (χ1) is 3.93. The summed E-state index contributed by atoms with van der Waals surface area (Å²) in [5, 5.41) is 0. The van der Waals surface area contributed by atoms with Crippen LogP contribution in [-0.4, -0.2) is 6.29 Å². The maximum Gasteiger partial charge on any atom is 0.123 e. The van der Waals surface area contributed by atoms with Crippen molar-refractivity contribution in [2.45, 2.75) is 6.42 Å². The topological polar surface area (TPSA) is 17.1 Å². The van der Waals surface area contributed by atoms with E-state index < -0.39 is 0 Å². The van der Waals surface area contributed by atoms with Gasteiger partial charge in [-0.05, 0) is 18.3 Å². The lowest BCUT2D eigenvalue weighted by Gasteiger charge is -1.81. The fraction of sp³-hybridized carbons (Fsp3) is 0.571. The third kappa shape index (κ3) is 0.347. The van der Waals surface area contributed by atoms with Gasteiger partial charge in [0.2, 0.25) is 0 Å². The molecule has 1 fully saturated rings. The third-order valence-corrected chi connectivity index (χ3v) is 2.22. The van der Waals surface area contributed by atoms with Crippen molar-refractivity contribution >= 4 is 6.29 Å². The molecule has 8 heavy (non-hydrogen) atoms. The van der Waals surface area contributed by atoms with E-state index in [1.807, 2.05) is 0 Å². The summed E-state index contributed by atoms with van der Waals surface area (Å²) in [6.45, 7) is 0. The Kier molecular flexibility index (Phi) is 0.655. The van der Waals surface area contributed by atoms with E-state index in [1.165, 1.54) is 0 Å². The highest BCUT2D eigenvalue weighted by atomic mass is 16.1. The Morgan fingerprint density at radius 3 is 2.88 bits per heavy atom. The molecule has 0 saturated heterocycles. The Bertz CT molecular complexity index is 144. The number of allylic oxidation sites excluding steroid dienone is 2. The smallest absolute Gasteiger partial charge is 0.123 e. The third-order valence-electron chi connectivity index (χ3n) is 2.22. The summed E-state index contributed by atoms with van der Waals surface area (Å²) in [5.41, 5.74) is 0. The molecule has 1 nitrogen and oxygen atoms in total. The standard InChI is InChI=1S/C7H8O/c8-4-7-5-2-1-3-6(5)7/h1-2,4-7H,3H2/t5?,6?,7-/m1/s1. The van der Waals surface area contributed by atoms with Crippen molar-refractivity contribution in [3.63, 3.8) is 0 Å². The summed E-state index contributed by atoms with van der Waals surface area (Å²) in [5.74, 6) is 1.76. The zero-order chi connectivity index (χ0) is 5.56. The molecular formula is C7H8O. The van der Waals surface area contributed by atoms with Crippen LogP contribution in [0.1, 0.15) is 6.42 Å². The molecule has 0 amide bonds. The van der Waals surface area contributed by atoms with Crippen molar-refractivity contribution in [3.8, 4) is 0 Å². The number of hydrogen-bond donors (Lipinski definition) is 0. The quantitative estimate of drug-likeness (QED) is 0.362. The van der Waals surface area contributed by atoms with Crippen molar-refractivity contribution in [2.75, 3.05) is 0 Å². The van der Waals surface area contributed by atoms with Gasteiger partial charge in [0.05, 0.1) is 0 Å². The highest BCUT2D eigenvalue weighted by Crippen LogP contribution is 2.52. The van der Waals surface area contributed by atoms with Crippen LogP contribution in [-0.2, 0) is 4.79 Å². The molecule has 0 aromatic rings. The molecule has 0 aliphatic heterocycles. The normalized spacial score (nSPS) is 48.8. The summed E-state index contributed by atoms with van der Waals surface area (Å²) < 4.78 is 0. The Hall–Kier alpha value is -0.590. The Morgan fingerprint density at radius 2 is 2.50 bits per heavy atom. The van der Waals surface area contributed by atoms with E-state index in [1.54, 1.807) is 0 Å². The Morgan fingerprint density at radius 1 is 1.62 bits per heavy atom. The van der Waals surface area contributed by atoms with E-state index in [4.69, 9.17) is 0 Å². The summed E-state index contributed by atoms with van der Waals surface area (Å²) in [6, 6.07) is 0. The lowest BCUT2D eigenvalue weighted by molar-refractivity contribution is -0.109. The van der Waals surface area contributed by atoms with Crippen LogP contribution in [0.5, 0.6) is 0 Å². The first kappa shape index (κ1) is 4.30. The molecular weight excluding hydrogens is 100 g/mol. The van der Waals surface area contributed by atoms with Crippen molar-refractivity contribution in [1.29, 1.82) is 0 Å². The number of carbonyl (C=O) groups excluding carboxylic acids is 1. The monoisotopic (exact) mass is 108 g/mol. The van der Waals surface area contributed by atoms with E-state index in [2.05, 4.69) is 12.2 Å². The summed E-state index contributed by atoms with van der Waals surface area (Å²) >= 11 is 0. The van der Waals surface area contributed by atoms with Crippen molar-refractivity contribution < 1.29 is 4.79 Å². The fourth-order valence-electron chi connectivity index (χ4n) is 1.60. The molecule has 1 saturated carbocycles. The van der Waals surface area contributed by atoms with E-state index in [-0.39, 0.29) is 0 Å². The second kappa shape index (κ2) is 1.22. The van der Waals surface area contributed by atoms with Gasteiger partial charge in [0.25, 0.3) is 0 Å². The molecule has 0 aromatic heterocycles. The van der Waals surface area contributed by atoms with Crippen LogP contribution in [0.2, 0.25) is 0 Å². The summed E-state index contributed by atoms with van der Waals surface area (Å²) in [6.07, 6.45) is 6.59. The predicted octanol–water partition coefficient (Wildman–Crippen LogP) is 1.01. The average molecular weight is 108 g/mol. The average Bonchev–Trinajstić information content (AvgIpc) is 2.22. The van der Waals surface area contributed by atoms with Gasteiger partial charge in [0.15, 0.2) is 0 Å². The van der Waals surface area contributed by atoms with Gasteiger partial charge in [0.1, 0.15) is 6.29 Å². The number of rotatable bonds is 1. The second-order valence-electron chi connectivity index (χ2n) is 2.62. The van der Waals surface area contributed by atoms with E-state index in [0.717, 1.165) is 12.7 Å². The first-order valence-electron chi connectivity index (χ1n) is 3.05. The minimum absolute atomic E-state index is 0.403. The zero-order valence-electron chi connectivity index (χ0n) is 4.58. The minimum atomic E-state index is 0.403. The molecule has 0 spiro atoms. The van der Waals surface area contributed by atoms with Crippen molar-refractivity contribution in [1.82, 2.24) is 0 Å². The van der Waals surface area contributed by atoms with Gasteiger partial charge in [-0.3, -0.25) is 0 Å². The van der Waals surface area contributed by atoms with Crippen LogP contribution in [0.25, 0.3) is 0 Å². The number of hydrogen-bond acceptors (Lipinski definition) is 1. The highest BCUT2D eigenvalue weighted by Gasteiger charge is 2.49. The van der Waals surface area contributed by atoms with Crippen LogP contribution in [0.15, 0.2) is 12.2 Å². The minimum Gasteiger partial charge on any atom is -0.303 e. The molecule has 2 aliphatic carbocycles. The van der Waals surface area contributed by atoms with Crippen LogP contribution in [0.3, 0.4) is 0 Å². The molecule has 1 heteroatoms. The van der Waals surface area contributed by atoms with Gasteiger partial charge in [0, 0.05) is 5.92 Å². The Balaban J connectivity index is 2.12. The van der Waals surface area contributed by atoms with Gasteiger partial charge in [-0.2, -0.15) is 0 Å². The lowest BCUT2D eigenvalue weighted by atomic mass is 10.2. The summed E-state index contributed by atoms with van der Waals surface area (Å²) in [4.78, 5) is 10.1. The van der Waals surface area contributed by atoms with Crippen LogP contribution in [0.4, 0.5) is 0 Å². The van der Waals surface area contributed by atoms with E-state index in [0.29, 0.717) is 17.8 Å². The lowest BCUT2D eigenvalue weighted by Crippen LogP contribution is -1.82.